The van der Waals surface area contributed by atoms with Crippen molar-refractivity contribution >= 4 is 34.3 Å². The predicted octanol–water partition coefficient (Wildman–Crippen LogP) is 6.02. The molecule has 0 spiro atoms. The molecule has 0 aliphatic rings. The van der Waals surface area contributed by atoms with Crippen molar-refractivity contribution in [2.24, 2.45) is 0 Å². The molecule has 8 heteroatoms. The number of nitrogens with one attached hydrogen (secondary N) is 1. The number of methoxy groups -OCH3 is 2. The van der Waals surface area contributed by atoms with Gasteiger partial charge < -0.3 is 19.2 Å². The molecule has 0 saturated carbocycles. The third-order valence-corrected chi connectivity index (χ3v) is 5.24. The summed E-state index contributed by atoms with van der Waals surface area (Å²) in [6.45, 7) is -0.0101. The Kier molecular flexibility index (Phi) is 6.48. The Labute approximate surface area is 194 Å². The van der Waals surface area contributed by atoms with Crippen molar-refractivity contribution in [1.29, 1.82) is 5.26 Å². The monoisotopic (exact) mass is 463 g/mol. The van der Waals surface area contributed by atoms with Crippen molar-refractivity contribution in [3.8, 4) is 23.3 Å². The van der Waals surface area contributed by atoms with Gasteiger partial charge in [0.1, 0.15) is 30.1 Å². The number of nitriles is 1. The van der Waals surface area contributed by atoms with Gasteiger partial charge in [-0.3, -0.25) is 0 Å². The van der Waals surface area contributed by atoms with Crippen LogP contribution in [0.25, 0.3) is 22.7 Å². The van der Waals surface area contributed by atoms with Crippen LogP contribution < -0.4 is 14.2 Å². The average Bonchev–Trinajstić information content (AvgIpc) is 3.25. The first-order valence-corrected chi connectivity index (χ1v) is 10.3. The Morgan fingerprint density at radius 2 is 1.97 bits per heavy atom. The largest absolute Gasteiger partial charge is 0.497 e. The number of nitrogens with zero attached hydrogens (tertiary/aromatic N) is 2. The molecule has 0 unspecified atom stereocenters. The molecule has 4 rings (SSSR count). The molecule has 6 nitrogen and oxygen atoms in total. The summed E-state index contributed by atoms with van der Waals surface area (Å²) in [6, 6.07) is 17.2. The first-order valence-electron chi connectivity index (χ1n) is 9.92. The van der Waals surface area contributed by atoms with E-state index in [9.17, 15) is 9.65 Å². The number of imidazole rings is 1. The van der Waals surface area contributed by atoms with Crippen LogP contribution in [0.15, 0.2) is 54.6 Å². The van der Waals surface area contributed by atoms with E-state index in [0.717, 1.165) is 5.52 Å². The lowest BCUT2D eigenvalue weighted by Crippen LogP contribution is -2.01. The summed E-state index contributed by atoms with van der Waals surface area (Å²) in [7, 11) is 3.06. The molecule has 0 fully saturated rings. The van der Waals surface area contributed by atoms with Crippen molar-refractivity contribution < 1.29 is 18.6 Å². The molecule has 0 bridgehead atoms. The van der Waals surface area contributed by atoms with Crippen molar-refractivity contribution in [2.45, 2.75) is 6.61 Å². The standard InChI is InChI=1S/C25H19ClFN3O3/c1-31-18-7-8-21-22(12-18)30-25(29-21)17(13-28)9-15-10-19(26)24(23(11-15)32-2)33-14-16-5-3-4-6-20(16)27/h3-12H,14H2,1-2H3,(H,29,30)/b17-9-. The Morgan fingerprint density at radius 1 is 1.15 bits per heavy atom. The van der Waals surface area contributed by atoms with E-state index in [4.69, 9.17) is 25.8 Å². The van der Waals surface area contributed by atoms with Crippen molar-refractivity contribution in [2.75, 3.05) is 14.2 Å². The number of aromatic nitrogens is 2. The molecule has 4 aromatic rings. The second kappa shape index (κ2) is 9.63. The topological polar surface area (TPSA) is 80.2 Å². The van der Waals surface area contributed by atoms with E-state index >= 15 is 0 Å². The summed E-state index contributed by atoms with van der Waals surface area (Å²) in [5.41, 5.74) is 2.78. The highest BCUT2D eigenvalue weighted by Gasteiger charge is 2.15. The molecule has 0 saturated heterocycles. The van der Waals surface area contributed by atoms with Crippen LogP contribution in [-0.2, 0) is 6.61 Å². The fourth-order valence-corrected chi connectivity index (χ4v) is 3.57. The zero-order chi connectivity index (χ0) is 23.4. The molecule has 0 atom stereocenters. The molecule has 3 aromatic carbocycles. The normalized spacial score (nSPS) is 11.3. The number of benzene rings is 3. The molecule has 1 heterocycles. The summed E-state index contributed by atoms with van der Waals surface area (Å²) >= 11 is 6.44. The third-order valence-electron chi connectivity index (χ3n) is 4.96. The summed E-state index contributed by atoms with van der Waals surface area (Å²) in [4.78, 5) is 7.62. The van der Waals surface area contributed by atoms with E-state index in [-0.39, 0.29) is 23.2 Å². The molecule has 1 N–H and O–H groups in total. The highest BCUT2D eigenvalue weighted by atomic mass is 35.5. The highest BCUT2D eigenvalue weighted by molar-refractivity contribution is 6.32. The Morgan fingerprint density at radius 3 is 2.70 bits per heavy atom. The summed E-state index contributed by atoms with van der Waals surface area (Å²) in [5, 5.41) is 9.99. The number of ether oxygens (including phenoxy) is 3. The Hall–Kier alpha value is -4.02. The Balaban J connectivity index is 1.65. The number of H-pyrrole nitrogens is 1. The fraction of sp³-hybridized carbons (Fsp3) is 0.120. The number of hydrogen-bond donors (Lipinski definition) is 1. The predicted molar refractivity (Wildman–Crippen MR) is 125 cm³/mol. The first kappa shape index (κ1) is 22.2. The van der Waals surface area contributed by atoms with Crippen LogP contribution in [0, 0.1) is 17.1 Å². The van der Waals surface area contributed by atoms with Crippen LogP contribution in [0.1, 0.15) is 17.0 Å². The summed E-state index contributed by atoms with van der Waals surface area (Å²) in [6.07, 6.45) is 1.64. The van der Waals surface area contributed by atoms with Crippen LogP contribution in [0.4, 0.5) is 4.39 Å². The smallest absolute Gasteiger partial charge is 0.180 e. The number of hydrogen-bond acceptors (Lipinski definition) is 5. The summed E-state index contributed by atoms with van der Waals surface area (Å²) < 4.78 is 30.3. The van der Waals surface area contributed by atoms with Gasteiger partial charge in [0.05, 0.1) is 35.8 Å². The van der Waals surface area contributed by atoms with E-state index < -0.39 is 0 Å². The molecule has 0 aliphatic carbocycles. The van der Waals surface area contributed by atoms with Crippen molar-refractivity contribution in [1.82, 2.24) is 9.97 Å². The lowest BCUT2D eigenvalue weighted by Gasteiger charge is -2.14. The molecule has 0 radical (unpaired) electrons. The van der Waals surface area contributed by atoms with E-state index in [1.165, 1.54) is 13.2 Å². The van der Waals surface area contributed by atoms with Gasteiger partial charge in [-0.2, -0.15) is 5.26 Å². The number of halogens is 2. The van der Waals surface area contributed by atoms with Gasteiger partial charge in [-0.25, -0.2) is 9.37 Å². The molecular formula is C25H19ClFN3O3. The number of aromatic amines is 1. The lowest BCUT2D eigenvalue weighted by molar-refractivity contribution is 0.280. The lowest BCUT2D eigenvalue weighted by atomic mass is 10.1. The van der Waals surface area contributed by atoms with Gasteiger partial charge in [-0.1, -0.05) is 29.8 Å². The maximum absolute atomic E-state index is 13.9. The molecule has 0 aliphatic heterocycles. The maximum Gasteiger partial charge on any atom is 0.180 e. The molecular weight excluding hydrogens is 445 g/mol. The maximum atomic E-state index is 13.9. The van der Waals surface area contributed by atoms with Gasteiger partial charge in [0.15, 0.2) is 11.5 Å². The number of rotatable bonds is 7. The van der Waals surface area contributed by atoms with Gasteiger partial charge in [0.25, 0.3) is 0 Å². The minimum absolute atomic E-state index is 0.0101. The highest BCUT2D eigenvalue weighted by Crippen LogP contribution is 2.38. The summed E-state index contributed by atoms with van der Waals surface area (Å²) in [5.74, 6) is 1.37. The van der Waals surface area contributed by atoms with Gasteiger partial charge in [-0.05, 0) is 42.0 Å². The first-order chi connectivity index (χ1) is 16.0. The van der Waals surface area contributed by atoms with Gasteiger partial charge >= 0.3 is 0 Å². The van der Waals surface area contributed by atoms with Crippen molar-refractivity contribution in [3.63, 3.8) is 0 Å². The molecule has 166 valence electrons. The van der Waals surface area contributed by atoms with Gasteiger partial charge in [-0.15, -0.1) is 0 Å². The fourth-order valence-electron chi connectivity index (χ4n) is 3.29. The molecule has 0 amide bonds. The van der Waals surface area contributed by atoms with E-state index in [1.54, 1.807) is 49.6 Å². The van der Waals surface area contributed by atoms with Crippen LogP contribution in [0.5, 0.6) is 17.2 Å². The SMILES string of the molecule is COc1ccc2nc(/C(C#N)=C\c3cc(Cl)c(OCc4ccccc4F)c(OC)c3)[nH]c2c1. The Bertz CT molecular complexity index is 1390. The molecule has 1 aromatic heterocycles. The second-order valence-corrected chi connectivity index (χ2v) is 7.46. The zero-order valence-electron chi connectivity index (χ0n) is 17.9. The second-order valence-electron chi connectivity index (χ2n) is 7.05. The van der Waals surface area contributed by atoms with E-state index in [1.807, 2.05) is 12.1 Å². The third kappa shape index (κ3) is 4.76. The quantitative estimate of drug-likeness (QED) is 0.339. The van der Waals surface area contributed by atoms with Gasteiger partial charge in [0.2, 0.25) is 0 Å². The zero-order valence-corrected chi connectivity index (χ0v) is 18.6. The minimum Gasteiger partial charge on any atom is -0.497 e. The minimum atomic E-state index is -0.366. The van der Waals surface area contributed by atoms with Crippen LogP contribution in [0.2, 0.25) is 5.02 Å². The van der Waals surface area contributed by atoms with Crippen LogP contribution in [-0.4, -0.2) is 24.2 Å². The van der Waals surface area contributed by atoms with E-state index in [0.29, 0.717) is 39.5 Å². The van der Waals surface area contributed by atoms with Crippen LogP contribution >= 0.6 is 11.6 Å². The molecule has 33 heavy (non-hydrogen) atoms. The number of allylic oxidation sites excluding steroid dienone is 1. The van der Waals surface area contributed by atoms with Crippen LogP contribution in [0.3, 0.4) is 0 Å². The number of fused-ring (bicyclic) bond motifs is 1. The van der Waals surface area contributed by atoms with Crippen molar-refractivity contribution in [3.05, 3.63) is 82.4 Å². The average molecular weight is 464 g/mol. The van der Waals surface area contributed by atoms with E-state index in [2.05, 4.69) is 16.0 Å². The van der Waals surface area contributed by atoms with Gasteiger partial charge in [0, 0.05) is 11.6 Å².